The molecule has 1 aromatic rings. The van der Waals surface area contributed by atoms with Gasteiger partial charge in [-0.2, -0.15) is 0 Å². The van der Waals surface area contributed by atoms with Gasteiger partial charge in [-0.1, -0.05) is 0 Å². The van der Waals surface area contributed by atoms with Gasteiger partial charge in [0.05, 0.1) is 4.92 Å². The fourth-order valence-corrected chi connectivity index (χ4v) is 1.86. The topological polar surface area (TPSA) is 91.1 Å². The molecule has 0 aliphatic carbocycles. The first kappa shape index (κ1) is 14.0. The lowest BCUT2D eigenvalue weighted by Crippen LogP contribution is -2.21. The van der Waals surface area contributed by atoms with Crippen molar-refractivity contribution in [1.29, 1.82) is 0 Å². The maximum Gasteiger partial charge on any atom is 0.311 e. The van der Waals surface area contributed by atoms with Crippen LogP contribution in [0.15, 0.2) is 29.7 Å². The smallest absolute Gasteiger partial charge is 0.311 e. The molecule has 7 nitrogen and oxygen atoms in total. The molecular weight excluding hydrogens is 266 g/mol. The number of nitro benzene ring substituents is 1. The maximum atomic E-state index is 10.9. The SMILES string of the molecule is CC1=C(COc2cc(O)ccc2[N+](=O)[O-])OC(C)(C)O1. The highest BCUT2D eigenvalue weighted by Crippen LogP contribution is 2.33. The number of nitro groups is 1. The first-order valence-corrected chi connectivity index (χ1v) is 5.96. The summed E-state index contributed by atoms with van der Waals surface area (Å²) in [5, 5.41) is 20.2. The second-order valence-electron chi connectivity index (χ2n) is 4.78. The Labute approximate surface area is 115 Å². The van der Waals surface area contributed by atoms with Crippen molar-refractivity contribution in [1.82, 2.24) is 0 Å². The summed E-state index contributed by atoms with van der Waals surface area (Å²) in [4.78, 5) is 10.3. The molecule has 0 unspecified atom stereocenters. The van der Waals surface area contributed by atoms with E-state index in [-0.39, 0.29) is 23.8 Å². The fraction of sp³-hybridized carbons (Fsp3) is 0.385. The molecule has 0 atom stereocenters. The number of aromatic hydroxyl groups is 1. The predicted molar refractivity (Wildman–Crippen MR) is 69.2 cm³/mol. The van der Waals surface area contributed by atoms with Crippen LogP contribution in [0, 0.1) is 10.1 Å². The normalized spacial score (nSPS) is 16.6. The van der Waals surface area contributed by atoms with Crippen LogP contribution in [0.2, 0.25) is 0 Å². The van der Waals surface area contributed by atoms with E-state index in [4.69, 9.17) is 14.2 Å². The van der Waals surface area contributed by atoms with E-state index in [1.54, 1.807) is 20.8 Å². The highest BCUT2D eigenvalue weighted by atomic mass is 16.7. The molecule has 1 N–H and O–H groups in total. The van der Waals surface area contributed by atoms with Crippen LogP contribution in [0.3, 0.4) is 0 Å². The van der Waals surface area contributed by atoms with Gasteiger partial charge < -0.3 is 19.3 Å². The van der Waals surface area contributed by atoms with Gasteiger partial charge in [-0.05, 0) is 13.0 Å². The van der Waals surface area contributed by atoms with Gasteiger partial charge in [0.1, 0.15) is 18.1 Å². The highest BCUT2D eigenvalue weighted by Gasteiger charge is 2.32. The first-order valence-electron chi connectivity index (χ1n) is 5.96. The molecule has 0 amide bonds. The lowest BCUT2D eigenvalue weighted by atomic mass is 10.3. The van der Waals surface area contributed by atoms with Crippen molar-refractivity contribution < 1.29 is 24.2 Å². The lowest BCUT2D eigenvalue weighted by molar-refractivity contribution is -0.385. The summed E-state index contributed by atoms with van der Waals surface area (Å²) < 4.78 is 16.3. The van der Waals surface area contributed by atoms with E-state index >= 15 is 0 Å². The van der Waals surface area contributed by atoms with Crippen LogP contribution in [0.1, 0.15) is 20.8 Å². The Morgan fingerprint density at radius 1 is 1.40 bits per heavy atom. The minimum atomic E-state index is -0.770. The van der Waals surface area contributed by atoms with Crippen LogP contribution in [-0.4, -0.2) is 22.4 Å². The zero-order valence-corrected chi connectivity index (χ0v) is 11.4. The Balaban J connectivity index is 2.14. The van der Waals surface area contributed by atoms with Crippen molar-refractivity contribution in [2.24, 2.45) is 0 Å². The van der Waals surface area contributed by atoms with Crippen molar-refractivity contribution >= 4 is 5.69 Å². The Kier molecular flexibility index (Phi) is 3.44. The molecule has 2 rings (SSSR count). The van der Waals surface area contributed by atoms with E-state index in [9.17, 15) is 15.2 Å². The summed E-state index contributed by atoms with van der Waals surface area (Å²) >= 11 is 0. The molecule has 108 valence electrons. The van der Waals surface area contributed by atoms with Crippen molar-refractivity contribution in [3.05, 3.63) is 39.8 Å². The van der Waals surface area contributed by atoms with E-state index in [0.717, 1.165) is 0 Å². The van der Waals surface area contributed by atoms with E-state index in [1.807, 2.05) is 0 Å². The molecule has 1 aliphatic heterocycles. The quantitative estimate of drug-likeness (QED) is 0.674. The average Bonchev–Trinajstić information content (AvgIpc) is 2.59. The average molecular weight is 281 g/mol. The van der Waals surface area contributed by atoms with Crippen molar-refractivity contribution in [3.63, 3.8) is 0 Å². The number of allylic oxidation sites excluding steroid dienone is 1. The highest BCUT2D eigenvalue weighted by molar-refractivity contribution is 5.50. The fourth-order valence-electron chi connectivity index (χ4n) is 1.86. The molecule has 0 fully saturated rings. The zero-order chi connectivity index (χ0) is 14.9. The largest absolute Gasteiger partial charge is 0.508 e. The van der Waals surface area contributed by atoms with Gasteiger partial charge in [-0.15, -0.1) is 0 Å². The number of phenols is 1. The van der Waals surface area contributed by atoms with Gasteiger partial charge in [0.15, 0.2) is 5.76 Å². The maximum absolute atomic E-state index is 10.9. The minimum absolute atomic E-state index is 0.0143. The number of ether oxygens (including phenoxy) is 3. The van der Waals surface area contributed by atoms with Crippen molar-refractivity contribution in [2.75, 3.05) is 6.61 Å². The third-order valence-electron chi connectivity index (χ3n) is 2.66. The molecule has 0 bridgehead atoms. The molecule has 1 aliphatic rings. The summed E-state index contributed by atoms with van der Waals surface area (Å²) in [5.41, 5.74) is -0.223. The van der Waals surface area contributed by atoms with Crippen LogP contribution in [-0.2, 0) is 9.47 Å². The van der Waals surface area contributed by atoms with Gasteiger partial charge in [0, 0.05) is 26.0 Å². The number of hydrogen-bond acceptors (Lipinski definition) is 6. The predicted octanol–water partition coefficient (Wildman–Crippen LogP) is 2.69. The standard InChI is InChI=1S/C13H15NO6/c1-8-12(20-13(2,3)19-8)7-18-11-6-9(15)4-5-10(11)14(16)17/h4-6,15H,7H2,1-3H3. The third-order valence-corrected chi connectivity index (χ3v) is 2.66. The van der Waals surface area contributed by atoms with E-state index in [1.165, 1.54) is 18.2 Å². The second kappa shape index (κ2) is 4.92. The molecule has 0 radical (unpaired) electrons. The van der Waals surface area contributed by atoms with Crippen LogP contribution in [0.5, 0.6) is 11.5 Å². The molecule has 1 aromatic carbocycles. The molecule has 0 saturated carbocycles. The third kappa shape index (κ3) is 2.93. The molecule has 7 heteroatoms. The molecule has 0 spiro atoms. The summed E-state index contributed by atoms with van der Waals surface area (Å²) in [6.45, 7) is 5.21. The Morgan fingerprint density at radius 2 is 2.10 bits per heavy atom. The molecular formula is C13H15NO6. The molecule has 0 aromatic heterocycles. The first-order chi connectivity index (χ1) is 9.28. The van der Waals surface area contributed by atoms with Gasteiger partial charge in [-0.25, -0.2) is 0 Å². The molecule has 20 heavy (non-hydrogen) atoms. The monoisotopic (exact) mass is 281 g/mol. The van der Waals surface area contributed by atoms with Crippen molar-refractivity contribution in [3.8, 4) is 11.5 Å². The Morgan fingerprint density at radius 3 is 2.65 bits per heavy atom. The van der Waals surface area contributed by atoms with Gasteiger partial charge in [-0.3, -0.25) is 10.1 Å². The summed E-state index contributed by atoms with van der Waals surface area (Å²) in [7, 11) is 0. The molecule has 1 heterocycles. The molecule has 0 saturated heterocycles. The van der Waals surface area contributed by atoms with Gasteiger partial charge >= 0.3 is 5.69 Å². The van der Waals surface area contributed by atoms with Crippen LogP contribution < -0.4 is 4.74 Å². The Hall–Kier alpha value is -2.44. The van der Waals surface area contributed by atoms with Crippen molar-refractivity contribution in [2.45, 2.75) is 26.6 Å². The van der Waals surface area contributed by atoms with Gasteiger partial charge in [0.25, 0.3) is 0 Å². The number of benzene rings is 1. The summed E-state index contributed by atoms with van der Waals surface area (Å²) in [5.74, 6) is 0.127. The number of nitrogens with zero attached hydrogens (tertiary/aromatic N) is 1. The summed E-state index contributed by atoms with van der Waals surface area (Å²) in [6.07, 6.45) is 0. The summed E-state index contributed by atoms with van der Waals surface area (Å²) in [6, 6.07) is 3.60. The van der Waals surface area contributed by atoms with Gasteiger partial charge in [0.2, 0.25) is 11.5 Å². The van der Waals surface area contributed by atoms with E-state index < -0.39 is 10.7 Å². The van der Waals surface area contributed by atoms with Crippen LogP contribution >= 0.6 is 0 Å². The second-order valence-corrected chi connectivity index (χ2v) is 4.78. The number of hydrogen-bond donors (Lipinski definition) is 1. The van der Waals surface area contributed by atoms with Crippen LogP contribution in [0.4, 0.5) is 5.69 Å². The van der Waals surface area contributed by atoms with E-state index in [2.05, 4.69) is 0 Å². The minimum Gasteiger partial charge on any atom is -0.508 e. The number of rotatable bonds is 4. The zero-order valence-electron chi connectivity index (χ0n) is 11.4. The lowest BCUT2D eigenvalue weighted by Gasteiger charge is -2.18. The van der Waals surface area contributed by atoms with Crippen LogP contribution in [0.25, 0.3) is 0 Å². The Bertz CT molecular complexity index is 578. The van der Waals surface area contributed by atoms with E-state index in [0.29, 0.717) is 11.5 Å². The number of phenolic OH excluding ortho intramolecular Hbond substituents is 1.